The number of hydrogen-bond acceptors (Lipinski definition) is 4. The minimum atomic E-state index is -1.06. The molecule has 0 saturated heterocycles. The second-order valence-corrected chi connectivity index (χ2v) is 3.49. The summed E-state index contributed by atoms with van der Waals surface area (Å²) < 4.78 is 0. The van der Waals surface area contributed by atoms with E-state index in [0.29, 0.717) is 11.3 Å². The Morgan fingerprint density at radius 2 is 2.13 bits per heavy atom. The summed E-state index contributed by atoms with van der Waals surface area (Å²) in [5.74, 6) is 0. The van der Waals surface area contributed by atoms with Crippen molar-refractivity contribution in [3.05, 3.63) is 29.3 Å². The molecule has 0 aliphatic carbocycles. The number of aryl methyl sites for hydroxylation is 1. The molecule has 0 aliphatic heterocycles. The largest absolute Gasteiger partial charge is 0.399 e. The molecule has 0 bridgehead atoms. The molecule has 0 spiro atoms. The van der Waals surface area contributed by atoms with Crippen molar-refractivity contribution < 1.29 is 10.2 Å². The second-order valence-electron chi connectivity index (χ2n) is 3.49. The van der Waals surface area contributed by atoms with Crippen LogP contribution in [0.5, 0.6) is 0 Å². The molecule has 0 amide bonds. The maximum Gasteiger partial charge on any atom is 0.106 e. The van der Waals surface area contributed by atoms with E-state index in [1.807, 2.05) is 6.07 Å². The van der Waals surface area contributed by atoms with Gasteiger partial charge in [-0.25, -0.2) is 0 Å². The van der Waals surface area contributed by atoms with Crippen molar-refractivity contribution in [2.75, 3.05) is 5.73 Å². The number of rotatable bonds is 3. The SMILES string of the molecule is Cc1cc(N)ccc1C(O)C(O)CC#N. The monoisotopic (exact) mass is 206 g/mol. The average Bonchev–Trinajstić information content (AvgIpc) is 2.17. The number of anilines is 1. The van der Waals surface area contributed by atoms with E-state index in [-0.39, 0.29) is 6.42 Å². The lowest BCUT2D eigenvalue weighted by molar-refractivity contribution is 0.0213. The highest BCUT2D eigenvalue weighted by molar-refractivity contribution is 5.45. The van der Waals surface area contributed by atoms with E-state index in [4.69, 9.17) is 11.0 Å². The predicted octanol–water partition coefficient (Wildman–Crippen LogP) is 0.885. The van der Waals surface area contributed by atoms with Crippen LogP contribution in [0.25, 0.3) is 0 Å². The molecule has 4 heteroatoms. The summed E-state index contributed by atoms with van der Waals surface area (Å²) in [6.07, 6.45) is -2.19. The summed E-state index contributed by atoms with van der Waals surface area (Å²) in [6, 6.07) is 6.85. The van der Waals surface area contributed by atoms with Crippen LogP contribution in [0.1, 0.15) is 23.7 Å². The Hall–Kier alpha value is -1.57. The molecule has 80 valence electrons. The zero-order chi connectivity index (χ0) is 11.4. The Kier molecular flexibility index (Phi) is 3.67. The summed E-state index contributed by atoms with van der Waals surface area (Å²) in [5.41, 5.74) is 7.58. The number of benzene rings is 1. The normalized spacial score (nSPS) is 14.3. The van der Waals surface area contributed by atoms with Crippen LogP contribution < -0.4 is 5.73 Å². The number of nitrogen functional groups attached to an aromatic ring is 1. The second kappa shape index (κ2) is 4.78. The van der Waals surface area contributed by atoms with Crippen molar-refractivity contribution in [1.82, 2.24) is 0 Å². The van der Waals surface area contributed by atoms with Crippen molar-refractivity contribution in [2.45, 2.75) is 25.6 Å². The van der Waals surface area contributed by atoms with Crippen molar-refractivity contribution in [3.63, 3.8) is 0 Å². The first kappa shape index (κ1) is 11.5. The lowest BCUT2D eigenvalue weighted by Gasteiger charge is -2.17. The van der Waals surface area contributed by atoms with Crippen LogP contribution in [0.15, 0.2) is 18.2 Å². The van der Waals surface area contributed by atoms with Crippen LogP contribution in [0.2, 0.25) is 0 Å². The van der Waals surface area contributed by atoms with Gasteiger partial charge in [0.15, 0.2) is 0 Å². The number of aliphatic hydroxyl groups excluding tert-OH is 2. The minimum Gasteiger partial charge on any atom is -0.399 e. The lowest BCUT2D eigenvalue weighted by atomic mass is 9.98. The van der Waals surface area contributed by atoms with Crippen molar-refractivity contribution >= 4 is 5.69 Å². The van der Waals surface area contributed by atoms with Crippen LogP contribution in [-0.2, 0) is 0 Å². The van der Waals surface area contributed by atoms with Crippen LogP contribution in [0, 0.1) is 18.3 Å². The number of nitrogens with zero attached hydrogens (tertiary/aromatic N) is 1. The van der Waals surface area contributed by atoms with E-state index in [9.17, 15) is 10.2 Å². The first-order chi connectivity index (χ1) is 7.06. The van der Waals surface area contributed by atoms with Gasteiger partial charge in [0, 0.05) is 5.69 Å². The van der Waals surface area contributed by atoms with Gasteiger partial charge >= 0.3 is 0 Å². The van der Waals surface area contributed by atoms with E-state index in [1.165, 1.54) is 0 Å². The molecular weight excluding hydrogens is 192 g/mol. The molecular formula is C11H14N2O2. The van der Waals surface area contributed by atoms with Gasteiger partial charge in [-0.1, -0.05) is 6.07 Å². The quantitative estimate of drug-likeness (QED) is 0.640. The van der Waals surface area contributed by atoms with E-state index >= 15 is 0 Å². The number of hydrogen-bond donors (Lipinski definition) is 3. The van der Waals surface area contributed by atoms with Crippen LogP contribution >= 0.6 is 0 Å². The molecule has 0 aliphatic rings. The first-order valence-electron chi connectivity index (χ1n) is 4.65. The summed E-state index contributed by atoms with van der Waals surface area (Å²) in [4.78, 5) is 0. The Morgan fingerprint density at radius 3 is 2.67 bits per heavy atom. The van der Waals surface area contributed by atoms with Gasteiger partial charge in [-0.05, 0) is 30.2 Å². The Balaban J connectivity index is 2.91. The van der Waals surface area contributed by atoms with Gasteiger partial charge in [-0.15, -0.1) is 0 Å². The smallest absolute Gasteiger partial charge is 0.106 e. The molecule has 2 atom stereocenters. The molecule has 15 heavy (non-hydrogen) atoms. The topological polar surface area (TPSA) is 90.3 Å². The van der Waals surface area contributed by atoms with E-state index in [2.05, 4.69) is 0 Å². The molecule has 2 unspecified atom stereocenters. The molecule has 1 aromatic carbocycles. The van der Waals surface area contributed by atoms with Gasteiger partial charge in [0.2, 0.25) is 0 Å². The van der Waals surface area contributed by atoms with Gasteiger partial charge in [0.05, 0.1) is 18.6 Å². The van der Waals surface area contributed by atoms with E-state index in [0.717, 1.165) is 5.56 Å². The highest BCUT2D eigenvalue weighted by atomic mass is 16.3. The maximum absolute atomic E-state index is 9.75. The first-order valence-corrected chi connectivity index (χ1v) is 4.65. The van der Waals surface area contributed by atoms with Crippen LogP contribution in [0.4, 0.5) is 5.69 Å². The van der Waals surface area contributed by atoms with Gasteiger partial charge in [0.1, 0.15) is 6.10 Å². The third-order valence-electron chi connectivity index (χ3n) is 2.28. The zero-order valence-corrected chi connectivity index (χ0v) is 8.51. The molecule has 1 rings (SSSR count). The fraction of sp³-hybridized carbons (Fsp3) is 0.364. The van der Waals surface area contributed by atoms with Gasteiger partial charge in [0.25, 0.3) is 0 Å². The Morgan fingerprint density at radius 1 is 1.47 bits per heavy atom. The minimum absolute atomic E-state index is 0.0923. The standard InChI is InChI=1S/C11H14N2O2/c1-7-6-8(13)2-3-9(7)11(15)10(14)4-5-12/h2-3,6,10-11,14-15H,4,13H2,1H3. The average molecular weight is 206 g/mol. The zero-order valence-electron chi connectivity index (χ0n) is 8.51. The fourth-order valence-electron chi connectivity index (χ4n) is 1.44. The van der Waals surface area contributed by atoms with Crippen LogP contribution in [0.3, 0.4) is 0 Å². The summed E-state index contributed by atoms with van der Waals surface area (Å²) in [7, 11) is 0. The summed E-state index contributed by atoms with van der Waals surface area (Å²) in [5, 5.41) is 27.6. The fourth-order valence-corrected chi connectivity index (χ4v) is 1.44. The number of nitrogens with two attached hydrogens (primary N) is 1. The maximum atomic E-state index is 9.75. The van der Waals surface area contributed by atoms with E-state index < -0.39 is 12.2 Å². The Bertz CT molecular complexity index is 385. The summed E-state index contributed by atoms with van der Waals surface area (Å²) >= 11 is 0. The van der Waals surface area contributed by atoms with Gasteiger partial charge < -0.3 is 15.9 Å². The highest BCUT2D eigenvalue weighted by Gasteiger charge is 2.19. The molecule has 0 saturated carbocycles. The highest BCUT2D eigenvalue weighted by Crippen LogP contribution is 2.23. The number of aliphatic hydroxyl groups is 2. The van der Waals surface area contributed by atoms with Crippen molar-refractivity contribution in [3.8, 4) is 6.07 Å². The van der Waals surface area contributed by atoms with Gasteiger partial charge in [-0.3, -0.25) is 0 Å². The molecule has 0 heterocycles. The molecule has 0 radical (unpaired) electrons. The molecule has 0 aromatic heterocycles. The Labute approximate surface area is 88.6 Å². The lowest BCUT2D eigenvalue weighted by Crippen LogP contribution is -2.18. The summed E-state index contributed by atoms with van der Waals surface area (Å²) in [6.45, 7) is 1.80. The molecule has 0 fully saturated rings. The van der Waals surface area contributed by atoms with Crippen molar-refractivity contribution in [2.24, 2.45) is 0 Å². The molecule has 1 aromatic rings. The third-order valence-corrected chi connectivity index (χ3v) is 2.28. The van der Waals surface area contributed by atoms with Crippen LogP contribution in [-0.4, -0.2) is 16.3 Å². The van der Waals surface area contributed by atoms with Gasteiger partial charge in [-0.2, -0.15) is 5.26 Å². The molecule has 4 N–H and O–H groups in total. The molecule has 4 nitrogen and oxygen atoms in total. The van der Waals surface area contributed by atoms with Crippen molar-refractivity contribution in [1.29, 1.82) is 5.26 Å². The van der Waals surface area contributed by atoms with E-state index in [1.54, 1.807) is 25.1 Å². The third kappa shape index (κ3) is 2.69. The predicted molar refractivity (Wildman–Crippen MR) is 56.8 cm³/mol. The number of nitriles is 1.